The highest BCUT2D eigenvalue weighted by molar-refractivity contribution is 6.04. The van der Waals surface area contributed by atoms with E-state index in [4.69, 9.17) is 0 Å². The van der Waals surface area contributed by atoms with Crippen molar-refractivity contribution >= 4 is 22.7 Å². The number of aliphatic hydroxyl groups is 2. The van der Waals surface area contributed by atoms with Gasteiger partial charge in [-0.1, -0.05) is 12.1 Å². The van der Waals surface area contributed by atoms with Gasteiger partial charge in [-0.05, 0) is 111 Å². The second-order valence-electron chi connectivity index (χ2n) is 9.70. The molecule has 0 amide bonds. The Morgan fingerprint density at radius 3 is 1.47 bits per heavy atom. The number of anilines is 2. The molecule has 3 rings (SSSR count). The zero-order valence-electron chi connectivity index (χ0n) is 24.2. The van der Waals surface area contributed by atoms with Gasteiger partial charge < -0.3 is 20.0 Å². The van der Waals surface area contributed by atoms with E-state index in [0.29, 0.717) is 13.1 Å². The largest absolute Gasteiger partial charge is 0.395 e. The number of allylic oxidation sites excluding steroid dienone is 5. The van der Waals surface area contributed by atoms with Crippen molar-refractivity contribution in [1.82, 2.24) is 0 Å². The van der Waals surface area contributed by atoms with Gasteiger partial charge in [0.15, 0.2) is 5.71 Å². The average Bonchev–Trinajstić information content (AvgIpc) is 2.93. The van der Waals surface area contributed by atoms with Crippen LogP contribution in [0.1, 0.15) is 49.9 Å². The minimum atomic E-state index is 0.140. The molecule has 0 bridgehead atoms. The maximum atomic E-state index is 9.51. The van der Waals surface area contributed by atoms with E-state index in [1.54, 1.807) is 0 Å². The summed E-state index contributed by atoms with van der Waals surface area (Å²) in [4.78, 5) is 4.41. The van der Waals surface area contributed by atoms with Gasteiger partial charge in [0.2, 0.25) is 0 Å². The summed E-state index contributed by atoms with van der Waals surface area (Å²) in [5.41, 5.74) is 10.8. The Labute approximate surface area is 229 Å². The predicted octanol–water partition coefficient (Wildman–Crippen LogP) is 5.36. The Morgan fingerprint density at radius 1 is 0.684 bits per heavy atom. The van der Waals surface area contributed by atoms with Crippen LogP contribution in [0.3, 0.4) is 0 Å². The molecule has 1 aliphatic carbocycles. The molecule has 2 N–H and O–H groups in total. The summed E-state index contributed by atoms with van der Waals surface area (Å²) in [5.74, 6) is 0. The van der Waals surface area contributed by atoms with E-state index < -0.39 is 0 Å². The zero-order valence-corrected chi connectivity index (χ0v) is 24.2. The fourth-order valence-electron chi connectivity index (χ4n) is 5.31. The molecule has 0 unspecified atom stereocenters. The Morgan fingerprint density at radius 2 is 1.13 bits per heavy atom. The average molecular weight is 517 g/mol. The lowest BCUT2D eigenvalue weighted by atomic mass is 9.86. The summed E-state index contributed by atoms with van der Waals surface area (Å²) in [6, 6.07) is 13.3. The molecule has 38 heavy (non-hydrogen) atoms. The summed E-state index contributed by atoms with van der Waals surface area (Å²) in [6.07, 6.45) is 8.96. The van der Waals surface area contributed by atoms with Crippen molar-refractivity contribution in [3.05, 3.63) is 88.5 Å². The number of nitrogens with zero attached hydrogens (tertiary/aromatic N) is 3. The van der Waals surface area contributed by atoms with Crippen LogP contribution >= 0.6 is 0 Å². The smallest absolute Gasteiger partial charge is 0.199 e. The highest BCUT2D eigenvalue weighted by Gasteiger charge is 2.19. The summed E-state index contributed by atoms with van der Waals surface area (Å²) in [7, 11) is 0. The highest BCUT2D eigenvalue weighted by Crippen LogP contribution is 2.36. The lowest BCUT2D eigenvalue weighted by Crippen LogP contribution is -2.26. The first-order chi connectivity index (χ1) is 18.4. The molecule has 204 valence electrons. The van der Waals surface area contributed by atoms with Gasteiger partial charge in [0, 0.05) is 49.7 Å². The minimum absolute atomic E-state index is 0.140. The molecule has 0 radical (unpaired) electrons. The van der Waals surface area contributed by atoms with E-state index in [2.05, 4.69) is 117 Å². The fraction of sp³-hybridized carbons (Fsp3) is 0.424. The molecule has 0 fully saturated rings. The van der Waals surface area contributed by atoms with E-state index in [9.17, 15) is 10.2 Å². The number of hydrogen-bond donors (Lipinski definition) is 2. The summed E-state index contributed by atoms with van der Waals surface area (Å²) < 4.78 is 2.37. The van der Waals surface area contributed by atoms with Gasteiger partial charge in [-0.3, -0.25) is 0 Å². The standard InChI is InChI=1S/C33H46N3O2/c1-7-34(8-2)28-13-11-27(12-14-28)33(31-17-15-29(23-25(31)5)35(9-3)19-21-37)32-18-16-30(24-26(32)6)36(10-4)20-22-38/h11-18,23-24,37-38H,7-10,19-22H2,1-6H3/q+1. The number of rotatable bonds is 12. The van der Waals surface area contributed by atoms with Gasteiger partial charge in [-0.15, -0.1) is 0 Å². The third-order valence-corrected chi connectivity index (χ3v) is 7.48. The zero-order chi connectivity index (χ0) is 27.7. The van der Waals surface area contributed by atoms with Crippen LogP contribution in [0, 0.1) is 13.8 Å². The first-order valence-electron chi connectivity index (χ1n) is 14.1. The summed E-state index contributed by atoms with van der Waals surface area (Å²) in [6.45, 7) is 18.2. The van der Waals surface area contributed by atoms with Crippen molar-refractivity contribution in [2.75, 3.05) is 62.3 Å². The summed E-state index contributed by atoms with van der Waals surface area (Å²) >= 11 is 0. The maximum Gasteiger partial charge on any atom is 0.199 e. The Kier molecular flexibility index (Phi) is 10.9. The molecule has 0 saturated heterocycles. The van der Waals surface area contributed by atoms with E-state index in [0.717, 1.165) is 37.6 Å². The van der Waals surface area contributed by atoms with Crippen molar-refractivity contribution in [2.24, 2.45) is 0 Å². The Bertz CT molecular complexity index is 1130. The third-order valence-electron chi connectivity index (χ3n) is 7.48. The van der Waals surface area contributed by atoms with Crippen LogP contribution in [-0.2, 0) is 0 Å². The van der Waals surface area contributed by atoms with Crippen molar-refractivity contribution < 1.29 is 14.8 Å². The molecule has 0 aliphatic heterocycles. The van der Waals surface area contributed by atoms with Crippen molar-refractivity contribution in [1.29, 1.82) is 0 Å². The number of hydrogen-bond acceptors (Lipinski definition) is 4. The maximum absolute atomic E-state index is 9.51. The molecule has 5 nitrogen and oxygen atoms in total. The lowest BCUT2D eigenvalue weighted by molar-refractivity contribution is -0.519. The van der Waals surface area contributed by atoms with Crippen LogP contribution in [0.4, 0.5) is 11.4 Å². The van der Waals surface area contributed by atoms with Gasteiger partial charge in [-0.2, -0.15) is 0 Å². The number of aryl methyl sites for hydroxylation is 2. The highest BCUT2D eigenvalue weighted by atomic mass is 16.3. The third kappa shape index (κ3) is 6.64. The van der Waals surface area contributed by atoms with Crippen LogP contribution in [0.5, 0.6) is 0 Å². The second-order valence-corrected chi connectivity index (χ2v) is 9.70. The minimum Gasteiger partial charge on any atom is -0.395 e. The SMILES string of the molecule is CCN(CCO)c1ccc(C(=C2C=CC(=[N+](CC)CC)C=C2)c2ccc(N(CC)CCO)cc2C)c(C)c1. The van der Waals surface area contributed by atoms with Gasteiger partial charge in [0.05, 0.1) is 13.2 Å². The molecule has 0 saturated carbocycles. The van der Waals surface area contributed by atoms with Crippen molar-refractivity contribution in [3.8, 4) is 0 Å². The molecule has 1 aliphatic rings. The normalized spacial score (nSPS) is 12.7. The van der Waals surface area contributed by atoms with Gasteiger partial charge in [0.1, 0.15) is 13.1 Å². The number of benzene rings is 2. The van der Waals surface area contributed by atoms with Gasteiger partial charge in [0.25, 0.3) is 0 Å². The Balaban J connectivity index is 2.19. The first kappa shape index (κ1) is 29.4. The van der Waals surface area contributed by atoms with Crippen LogP contribution < -0.4 is 9.80 Å². The molecule has 2 aromatic rings. The summed E-state index contributed by atoms with van der Waals surface area (Å²) in [5, 5.41) is 19.0. The monoisotopic (exact) mass is 516 g/mol. The molecule has 0 heterocycles. The topological polar surface area (TPSA) is 50.0 Å². The van der Waals surface area contributed by atoms with E-state index in [1.807, 2.05) is 0 Å². The van der Waals surface area contributed by atoms with Crippen LogP contribution in [0.15, 0.2) is 66.3 Å². The van der Waals surface area contributed by atoms with E-state index in [1.165, 1.54) is 39.1 Å². The van der Waals surface area contributed by atoms with Gasteiger partial charge in [-0.25, -0.2) is 4.58 Å². The molecule has 0 spiro atoms. The lowest BCUT2D eigenvalue weighted by Gasteiger charge is -2.25. The van der Waals surface area contributed by atoms with Crippen LogP contribution in [0.2, 0.25) is 0 Å². The molecule has 5 heteroatoms. The van der Waals surface area contributed by atoms with E-state index in [-0.39, 0.29) is 13.2 Å². The van der Waals surface area contributed by atoms with Crippen molar-refractivity contribution in [3.63, 3.8) is 0 Å². The van der Waals surface area contributed by atoms with Gasteiger partial charge >= 0.3 is 0 Å². The first-order valence-corrected chi connectivity index (χ1v) is 14.1. The molecular weight excluding hydrogens is 470 g/mol. The van der Waals surface area contributed by atoms with Crippen LogP contribution in [0.25, 0.3) is 5.57 Å². The second kappa shape index (κ2) is 14.1. The van der Waals surface area contributed by atoms with Crippen molar-refractivity contribution in [2.45, 2.75) is 41.5 Å². The quantitative estimate of drug-likeness (QED) is 0.373. The number of aliphatic hydroxyl groups excluding tert-OH is 2. The number of likely N-dealkylation sites (N-methyl/N-ethyl adjacent to an activating group) is 2. The predicted molar refractivity (Wildman–Crippen MR) is 163 cm³/mol. The molecule has 0 atom stereocenters. The molecule has 0 aromatic heterocycles. The van der Waals surface area contributed by atoms with Crippen LogP contribution in [-0.4, -0.2) is 73.0 Å². The molecule has 2 aromatic carbocycles. The van der Waals surface area contributed by atoms with E-state index >= 15 is 0 Å². The molecular formula is C33H46N3O2+. The Hall–Kier alpha value is -3.15. The fourth-order valence-corrected chi connectivity index (χ4v) is 5.31.